The molecule has 2 nitrogen and oxygen atoms in total. The molecule has 2 atom stereocenters. The average molecular weight is 433 g/mol. The second kappa shape index (κ2) is 7.54. The minimum atomic E-state index is 0.450. The Hall–Kier alpha value is -3.48. The molecule has 0 spiro atoms. The summed E-state index contributed by atoms with van der Waals surface area (Å²) >= 11 is 0. The number of allylic oxidation sites excluding steroid dienone is 1. The van der Waals surface area contributed by atoms with Crippen molar-refractivity contribution in [3.05, 3.63) is 88.6 Å². The van der Waals surface area contributed by atoms with Gasteiger partial charge in [-0.2, -0.15) is 0 Å². The molecule has 0 radical (unpaired) electrons. The van der Waals surface area contributed by atoms with Gasteiger partial charge in [0.25, 0.3) is 0 Å². The van der Waals surface area contributed by atoms with Gasteiger partial charge in [0, 0.05) is 11.1 Å². The van der Waals surface area contributed by atoms with Gasteiger partial charge in [-0.1, -0.05) is 50.2 Å². The van der Waals surface area contributed by atoms with Crippen molar-refractivity contribution >= 4 is 32.7 Å². The summed E-state index contributed by atoms with van der Waals surface area (Å²) in [6, 6.07) is 21.9. The second-order valence-corrected chi connectivity index (χ2v) is 9.54. The fourth-order valence-corrected chi connectivity index (χ4v) is 5.81. The minimum absolute atomic E-state index is 0.450. The van der Waals surface area contributed by atoms with Crippen LogP contribution in [0.2, 0.25) is 0 Å². The molecule has 0 aromatic heterocycles. The molecule has 4 aromatic rings. The van der Waals surface area contributed by atoms with Crippen molar-refractivity contribution in [1.82, 2.24) is 0 Å². The van der Waals surface area contributed by atoms with Gasteiger partial charge in [0.1, 0.15) is 11.5 Å². The first-order valence-electron chi connectivity index (χ1n) is 11.8. The molecule has 4 aromatic carbocycles. The zero-order valence-electron chi connectivity index (χ0n) is 19.7. The van der Waals surface area contributed by atoms with E-state index in [9.17, 15) is 0 Å². The lowest BCUT2D eigenvalue weighted by atomic mass is 9.92. The summed E-state index contributed by atoms with van der Waals surface area (Å²) in [7, 11) is 3.45. The van der Waals surface area contributed by atoms with Gasteiger partial charge in [-0.15, -0.1) is 5.73 Å². The Bertz CT molecular complexity index is 1390. The van der Waals surface area contributed by atoms with Crippen LogP contribution in [-0.2, 0) is 12.8 Å². The van der Waals surface area contributed by atoms with Crippen LogP contribution >= 0.6 is 0 Å². The lowest BCUT2D eigenvalue weighted by Gasteiger charge is -2.11. The molecule has 0 N–H and O–H groups in total. The molecule has 2 aliphatic carbocycles. The van der Waals surface area contributed by atoms with Crippen molar-refractivity contribution in [1.29, 1.82) is 0 Å². The molecule has 164 valence electrons. The molecule has 0 bridgehead atoms. The number of hydrogen-bond acceptors (Lipinski definition) is 2. The highest BCUT2D eigenvalue weighted by molar-refractivity contribution is 6.02. The molecule has 0 aliphatic heterocycles. The van der Waals surface area contributed by atoms with Gasteiger partial charge in [-0.05, 0) is 92.7 Å². The average Bonchev–Trinajstić information content (AvgIpc) is 3.34. The number of fused-ring (bicyclic) bond motifs is 6. The van der Waals surface area contributed by atoms with Crippen molar-refractivity contribution < 1.29 is 9.47 Å². The number of methoxy groups -OCH3 is 2. The summed E-state index contributed by atoms with van der Waals surface area (Å²) in [5.74, 6) is 2.70. The number of ether oxygens (including phenoxy) is 2. The fourth-order valence-electron chi connectivity index (χ4n) is 5.81. The van der Waals surface area contributed by atoms with Crippen LogP contribution in [0.5, 0.6) is 11.5 Å². The van der Waals surface area contributed by atoms with E-state index in [0.29, 0.717) is 11.8 Å². The summed E-state index contributed by atoms with van der Waals surface area (Å²) in [5, 5.41) is 5.05. The maximum absolute atomic E-state index is 5.47. The van der Waals surface area contributed by atoms with Gasteiger partial charge < -0.3 is 9.47 Å². The van der Waals surface area contributed by atoms with Gasteiger partial charge >= 0.3 is 0 Å². The summed E-state index contributed by atoms with van der Waals surface area (Å²) in [4.78, 5) is 0. The van der Waals surface area contributed by atoms with Crippen LogP contribution in [0.4, 0.5) is 0 Å². The smallest absolute Gasteiger partial charge is 0.119 e. The topological polar surface area (TPSA) is 18.5 Å². The number of hydrogen-bond donors (Lipinski definition) is 0. The van der Waals surface area contributed by atoms with Crippen LogP contribution in [-0.4, -0.2) is 14.2 Å². The fraction of sp³-hybridized carbons (Fsp3) is 0.258. The minimum Gasteiger partial charge on any atom is -0.497 e. The standard InChI is InChI=1S/C31H28O2/c1-18-13-22-7-5-20-15-24(32-3)9-11-26(20)30(22)28(18)17-29-19(2)14-23-8-6-21-16-25(33-4)10-12-27(21)31(23)29/h5-12,15-16,18-19H,13-14H2,1-4H3. The molecule has 2 unspecified atom stereocenters. The van der Waals surface area contributed by atoms with E-state index >= 15 is 0 Å². The van der Waals surface area contributed by atoms with Crippen LogP contribution in [0.15, 0.2) is 66.4 Å². The van der Waals surface area contributed by atoms with E-state index in [-0.39, 0.29) is 0 Å². The molecule has 2 heteroatoms. The SMILES string of the molecule is COc1ccc2c3c(ccc2c1)CC(C)C3=C=C1c2c(ccc3cc(OC)ccc23)CC1C. The highest BCUT2D eigenvalue weighted by Crippen LogP contribution is 2.45. The first-order valence-corrected chi connectivity index (χ1v) is 11.8. The molecular formula is C31H28O2. The Labute approximate surface area is 195 Å². The summed E-state index contributed by atoms with van der Waals surface area (Å²) in [5.41, 5.74) is 12.3. The Morgan fingerprint density at radius 2 is 1.09 bits per heavy atom. The highest BCUT2D eigenvalue weighted by Gasteiger charge is 2.29. The van der Waals surface area contributed by atoms with E-state index in [1.165, 1.54) is 54.9 Å². The summed E-state index contributed by atoms with van der Waals surface area (Å²) in [6.07, 6.45) is 2.14. The van der Waals surface area contributed by atoms with Crippen molar-refractivity contribution in [2.24, 2.45) is 11.8 Å². The van der Waals surface area contributed by atoms with E-state index in [1.54, 1.807) is 14.2 Å². The molecule has 0 heterocycles. The Kier molecular flexibility index (Phi) is 4.60. The highest BCUT2D eigenvalue weighted by atomic mass is 16.5. The maximum Gasteiger partial charge on any atom is 0.119 e. The second-order valence-electron chi connectivity index (χ2n) is 9.54. The zero-order valence-corrected chi connectivity index (χ0v) is 19.7. The molecule has 2 aliphatic rings. The lowest BCUT2D eigenvalue weighted by Crippen LogP contribution is -1.94. The van der Waals surface area contributed by atoms with Crippen LogP contribution in [0, 0.1) is 11.8 Å². The molecule has 0 amide bonds. The molecule has 6 rings (SSSR count). The first kappa shape index (κ1) is 20.1. The van der Waals surface area contributed by atoms with Crippen molar-refractivity contribution in [2.45, 2.75) is 26.7 Å². The van der Waals surface area contributed by atoms with E-state index in [1.807, 2.05) is 0 Å². The van der Waals surface area contributed by atoms with Crippen LogP contribution < -0.4 is 9.47 Å². The van der Waals surface area contributed by atoms with Gasteiger partial charge in [-0.3, -0.25) is 0 Å². The first-order chi connectivity index (χ1) is 16.1. The predicted molar refractivity (Wildman–Crippen MR) is 137 cm³/mol. The normalized spacial score (nSPS) is 19.0. The summed E-state index contributed by atoms with van der Waals surface area (Å²) in [6.45, 7) is 4.68. The Morgan fingerprint density at radius 1 is 0.636 bits per heavy atom. The number of benzene rings is 4. The Morgan fingerprint density at radius 3 is 1.52 bits per heavy atom. The maximum atomic E-state index is 5.47. The van der Waals surface area contributed by atoms with Crippen LogP contribution in [0.3, 0.4) is 0 Å². The number of rotatable bonds is 2. The van der Waals surface area contributed by atoms with Gasteiger partial charge in [0.2, 0.25) is 0 Å². The predicted octanol–water partition coefficient (Wildman–Crippen LogP) is 7.46. The summed E-state index contributed by atoms with van der Waals surface area (Å²) < 4.78 is 10.9. The zero-order chi connectivity index (χ0) is 22.7. The third-order valence-corrected chi connectivity index (χ3v) is 7.47. The largest absolute Gasteiger partial charge is 0.497 e. The molecule has 0 saturated carbocycles. The van der Waals surface area contributed by atoms with Gasteiger partial charge in [0.05, 0.1) is 14.2 Å². The van der Waals surface area contributed by atoms with Crippen molar-refractivity contribution in [3.8, 4) is 11.5 Å². The van der Waals surface area contributed by atoms with Crippen molar-refractivity contribution in [3.63, 3.8) is 0 Å². The Balaban J connectivity index is 1.63. The van der Waals surface area contributed by atoms with Gasteiger partial charge in [-0.25, -0.2) is 0 Å². The lowest BCUT2D eigenvalue weighted by molar-refractivity contribution is 0.415. The van der Waals surface area contributed by atoms with E-state index in [2.05, 4.69) is 80.2 Å². The molecule has 33 heavy (non-hydrogen) atoms. The van der Waals surface area contributed by atoms with Crippen LogP contribution in [0.1, 0.15) is 36.1 Å². The molecule has 0 fully saturated rings. The van der Waals surface area contributed by atoms with Gasteiger partial charge in [0.15, 0.2) is 0 Å². The third-order valence-electron chi connectivity index (χ3n) is 7.47. The monoisotopic (exact) mass is 432 g/mol. The third kappa shape index (κ3) is 3.09. The van der Waals surface area contributed by atoms with Crippen molar-refractivity contribution in [2.75, 3.05) is 14.2 Å². The van der Waals surface area contributed by atoms with E-state index < -0.39 is 0 Å². The van der Waals surface area contributed by atoms with E-state index in [0.717, 1.165) is 24.3 Å². The molecular weight excluding hydrogens is 404 g/mol. The van der Waals surface area contributed by atoms with Crippen LogP contribution in [0.25, 0.3) is 32.7 Å². The molecule has 0 saturated heterocycles. The van der Waals surface area contributed by atoms with E-state index in [4.69, 9.17) is 9.47 Å². The quantitative estimate of drug-likeness (QED) is 0.306.